The van der Waals surface area contributed by atoms with Gasteiger partial charge in [-0.15, -0.1) is 0 Å². The van der Waals surface area contributed by atoms with Crippen molar-refractivity contribution in [1.29, 1.82) is 0 Å². The number of anilines is 1. The molecule has 6 nitrogen and oxygen atoms in total. The minimum Gasteiger partial charge on any atom is -0.477 e. The van der Waals surface area contributed by atoms with Crippen LogP contribution in [0.1, 0.15) is 18.4 Å². The van der Waals surface area contributed by atoms with E-state index in [2.05, 4.69) is 49.0 Å². The molecule has 2 aliphatic rings. The first-order chi connectivity index (χ1) is 13.8. The molecule has 6 heteroatoms. The molecule has 0 spiro atoms. The highest BCUT2D eigenvalue weighted by Crippen LogP contribution is 2.32. The maximum atomic E-state index is 5.99. The SMILES string of the molecule is c1cncc(CN2CCN(c3ccc4ncnc(OCC5CC5)c4c3)CC2)c1. The first-order valence-corrected chi connectivity index (χ1v) is 10.1. The fourth-order valence-corrected chi connectivity index (χ4v) is 3.73. The Hall–Kier alpha value is -2.73. The van der Waals surface area contributed by atoms with Crippen LogP contribution in [0.5, 0.6) is 5.88 Å². The van der Waals surface area contributed by atoms with Gasteiger partial charge < -0.3 is 9.64 Å². The average molecular weight is 375 g/mol. The van der Waals surface area contributed by atoms with Gasteiger partial charge in [0.2, 0.25) is 5.88 Å². The molecule has 3 aromatic rings. The fourth-order valence-electron chi connectivity index (χ4n) is 3.73. The molecule has 1 saturated heterocycles. The van der Waals surface area contributed by atoms with E-state index in [4.69, 9.17) is 4.74 Å². The zero-order valence-electron chi connectivity index (χ0n) is 16.0. The third-order valence-electron chi connectivity index (χ3n) is 5.60. The summed E-state index contributed by atoms with van der Waals surface area (Å²) in [6.45, 7) is 5.84. The summed E-state index contributed by atoms with van der Waals surface area (Å²) in [6.07, 6.45) is 7.93. The highest BCUT2D eigenvalue weighted by atomic mass is 16.5. The molecule has 3 heterocycles. The van der Waals surface area contributed by atoms with Crippen molar-refractivity contribution in [3.8, 4) is 5.88 Å². The monoisotopic (exact) mass is 375 g/mol. The average Bonchev–Trinajstić information content (AvgIpc) is 3.58. The molecular weight excluding hydrogens is 350 g/mol. The summed E-state index contributed by atoms with van der Waals surface area (Å²) >= 11 is 0. The Morgan fingerprint density at radius 1 is 1.04 bits per heavy atom. The van der Waals surface area contributed by atoms with Gasteiger partial charge in [-0.2, -0.15) is 0 Å². The fraction of sp³-hybridized carbons (Fsp3) is 0.409. The lowest BCUT2D eigenvalue weighted by molar-refractivity contribution is 0.249. The zero-order chi connectivity index (χ0) is 18.8. The number of ether oxygens (including phenoxy) is 1. The molecule has 2 aromatic heterocycles. The molecule has 0 amide bonds. The number of benzene rings is 1. The third-order valence-corrected chi connectivity index (χ3v) is 5.60. The molecular formula is C22H25N5O. The molecule has 0 radical (unpaired) electrons. The van der Waals surface area contributed by atoms with Gasteiger partial charge in [0.15, 0.2) is 0 Å². The largest absolute Gasteiger partial charge is 0.477 e. The minimum atomic E-state index is 0.709. The second-order valence-corrected chi connectivity index (χ2v) is 7.76. The van der Waals surface area contributed by atoms with Gasteiger partial charge in [-0.25, -0.2) is 9.97 Å². The smallest absolute Gasteiger partial charge is 0.224 e. The van der Waals surface area contributed by atoms with Crippen molar-refractivity contribution in [1.82, 2.24) is 19.9 Å². The van der Waals surface area contributed by atoms with Gasteiger partial charge in [-0.1, -0.05) is 6.07 Å². The number of hydrogen-bond donors (Lipinski definition) is 0. The van der Waals surface area contributed by atoms with Crippen molar-refractivity contribution in [2.75, 3.05) is 37.7 Å². The second-order valence-electron chi connectivity index (χ2n) is 7.76. The Kier molecular flexibility index (Phi) is 4.79. The Morgan fingerprint density at radius 2 is 1.93 bits per heavy atom. The lowest BCUT2D eigenvalue weighted by atomic mass is 10.1. The van der Waals surface area contributed by atoms with Gasteiger partial charge in [0, 0.05) is 50.8 Å². The quantitative estimate of drug-likeness (QED) is 0.660. The Labute approximate surface area is 165 Å². The van der Waals surface area contributed by atoms with E-state index in [0.29, 0.717) is 11.8 Å². The van der Waals surface area contributed by atoms with Crippen molar-refractivity contribution in [3.63, 3.8) is 0 Å². The van der Waals surface area contributed by atoms with Crippen LogP contribution in [0.4, 0.5) is 5.69 Å². The van der Waals surface area contributed by atoms with E-state index in [-0.39, 0.29) is 0 Å². The lowest BCUT2D eigenvalue weighted by Gasteiger charge is -2.36. The van der Waals surface area contributed by atoms with Crippen molar-refractivity contribution in [2.45, 2.75) is 19.4 Å². The van der Waals surface area contributed by atoms with Crippen LogP contribution >= 0.6 is 0 Å². The number of piperazine rings is 1. The number of pyridine rings is 1. The maximum absolute atomic E-state index is 5.99. The minimum absolute atomic E-state index is 0.709. The summed E-state index contributed by atoms with van der Waals surface area (Å²) in [5, 5.41) is 1.01. The topological polar surface area (TPSA) is 54.4 Å². The summed E-state index contributed by atoms with van der Waals surface area (Å²) in [6, 6.07) is 10.6. The number of nitrogens with zero attached hydrogens (tertiary/aromatic N) is 5. The molecule has 0 atom stereocenters. The predicted octanol–water partition coefficient (Wildman–Crippen LogP) is 3.14. The van der Waals surface area contributed by atoms with Gasteiger partial charge in [0.05, 0.1) is 17.5 Å². The van der Waals surface area contributed by atoms with E-state index in [1.54, 1.807) is 6.33 Å². The second kappa shape index (κ2) is 7.72. The van der Waals surface area contributed by atoms with Crippen molar-refractivity contribution in [2.24, 2.45) is 5.92 Å². The molecule has 0 bridgehead atoms. The summed E-state index contributed by atoms with van der Waals surface area (Å²) in [4.78, 5) is 17.9. The maximum Gasteiger partial charge on any atom is 0.224 e. The van der Waals surface area contributed by atoms with Crippen LogP contribution in [0.25, 0.3) is 10.9 Å². The van der Waals surface area contributed by atoms with Crippen molar-refractivity contribution in [3.05, 3.63) is 54.6 Å². The normalized spacial score (nSPS) is 17.8. The van der Waals surface area contributed by atoms with Gasteiger partial charge in [-0.05, 0) is 48.6 Å². The Bertz CT molecular complexity index is 936. The molecule has 0 N–H and O–H groups in total. The predicted molar refractivity (Wildman–Crippen MR) is 109 cm³/mol. The molecule has 2 fully saturated rings. The van der Waals surface area contributed by atoms with Crippen LogP contribution in [0.3, 0.4) is 0 Å². The molecule has 0 unspecified atom stereocenters. The Balaban J connectivity index is 1.27. The molecule has 1 aromatic carbocycles. The van der Waals surface area contributed by atoms with E-state index in [1.807, 2.05) is 18.5 Å². The first kappa shape index (κ1) is 17.4. The molecule has 144 valence electrons. The van der Waals surface area contributed by atoms with Crippen LogP contribution in [0, 0.1) is 5.92 Å². The van der Waals surface area contributed by atoms with Gasteiger partial charge in [0.1, 0.15) is 6.33 Å². The molecule has 1 saturated carbocycles. The first-order valence-electron chi connectivity index (χ1n) is 10.1. The standard InChI is InChI=1S/C22H25N5O/c1-2-18(13-23-7-1)14-26-8-10-27(11-9-26)19-5-6-21-20(12-19)22(25-16-24-21)28-15-17-3-4-17/h1-2,5-7,12-13,16-17H,3-4,8-11,14-15H2. The van der Waals surface area contributed by atoms with Crippen LogP contribution in [0.2, 0.25) is 0 Å². The molecule has 5 rings (SSSR count). The van der Waals surface area contributed by atoms with Crippen LogP contribution < -0.4 is 9.64 Å². The highest BCUT2D eigenvalue weighted by Gasteiger charge is 2.23. The third kappa shape index (κ3) is 3.92. The van der Waals surface area contributed by atoms with E-state index < -0.39 is 0 Å². The number of aromatic nitrogens is 3. The number of hydrogen-bond acceptors (Lipinski definition) is 6. The van der Waals surface area contributed by atoms with E-state index in [1.165, 1.54) is 24.1 Å². The Morgan fingerprint density at radius 3 is 2.71 bits per heavy atom. The van der Waals surface area contributed by atoms with E-state index in [0.717, 1.165) is 50.2 Å². The molecule has 1 aliphatic heterocycles. The van der Waals surface area contributed by atoms with E-state index in [9.17, 15) is 0 Å². The van der Waals surface area contributed by atoms with Crippen LogP contribution in [-0.2, 0) is 6.54 Å². The van der Waals surface area contributed by atoms with Crippen LogP contribution in [-0.4, -0.2) is 52.6 Å². The van der Waals surface area contributed by atoms with Gasteiger partial charge in [0.25, 0.3) is 0 Å². The molecule has 1 aliphatic carbocycles. The van der Waals surface area contributed by atoms with Gasteiger partial charge >= 0.3 is 0 Å². The lowest BCUT2D eigenvalue weighted by Crippen LogP contribution is -2.45. The highest BCUT2D eigenvalue weighted by molar-refractivity contribution is 5.86. The van der Waals surface area contributed by atoms with Crippen LogP contribution in [0.15, 0.2) is 49.1 Å². The van der Waals surface area contributed by atoms with Crippen molar-refractivity contribution < 1.29 is 4.74 Å². The van der Waals surface area contributed by atoms with Gasteiger partial charge in [-0.3, -0.25) is 9.88 Å². The summed E-state index contributed by atoms with van der Waals surface area (Å²) < 4.78 is 5.99. The summed E-state index contributed by atoms with van der Waals surface area (Å²) in [5.41, 5.74) is 3.44. The summed E-state index contributed by atoms with van der Waals surface area (Å²) in [5.74, 6) is 1.43. The molecule has 28 heavy (non-hydrogen) atoms. The number of fused-ring (bicyclic) bond motifs is 1. The summed E-state index contributed by atoms with van der Waals surface area (Å²) in [7, 11) is 0. The number of rotatable bonds is 6. The van der Waals surface area contributed by atoms with E-state index >= 15 is 0 Å². The zero-order valence-corrected chi connectivity index (χ0v) is 16.0. The van der Waals surface area contributed by atoms with Crippen molar-refractivity contribution >= 4 is 16.6 Å².